The normalized spacial score (nSPS) is 11.6. The third-order valence-electron chi connectivity index (χ3n) is 10.7. The van der Waals surface area contributed by atoms with Crippen LogP contribution in [0.2, 0.25) is 0 Å². The molecule has 55 heavy (non-hydrogen) atoms. The van der Waals surface area contributed by atoms with Crippen molar-refractivity contribution in [2.45, 2.75) is 0 Å². The van der Waals surface area contributed by atoms with E-state index >= 15 is 0 Å². The highest BCUT2D eigenvalue weighted by atomic mass is 15.0. The van der Waals surface area contributed by atoms with Gasteiger partial charge >= 0.3 is 0 Å². The Labute approximate surface area is 316 Å². The lowest BCUT2D eigenvalue weighted by Crippen LogP contribution is -1.95. The van der Waals surface area contributed by atoms with Gasteiger partial charge in [0.15, 0.2) is 0 Å². The van der Waals surface area contributed by atoms with Crippen LogP contribution in [0.25, 0.3) is 105 Å². The first-order valence-electron chi connectivity index (χ1n) is 18.4. The lowest BCUT2D eigenvalue weighted by atomic mass is 9.85. The number of imidazole rings is 1. The van der Waals surface area contributed by atoms with Crippen LogP contribution in [0.3, 0.4) is 0 Å². The van der Waals surface area contributed by atoms with Crippen molar-refractivity contribution in [2.24, 2.45) is 0 Å². The monoisotopic (exact) mass is 701 g/mol. The largest absolute Gasteiger partial charge is 0.297 e. The molecule has 0 amide bonds. The van der Waals surface area contributed by atoms with Gasteiger partial charge < -0.3 is 0 Å². The van der Waals surface area contributed by atoms with E-state index in [0.29, 0.717) is 0 Å². The van der Waals surface area contributed by atoms with E-state index in [1.165, 1.54) is 32.7 Å². The van der Waals surface area contributed by atoms with Gasteiger partial charge in [-0.15, -0.1) is 0 Å². The van der Waals surface area contributed by atoms with Crippen LogP contribution in [0.4, 0.5) is 0 Å². The van der Waals surface area contributed by atoms with Crippen molar-refractivity contribution in [1.82, 2.24) is 24.3 Å². The second-order valence-corrected chi connectivity index (χ2v) is 13.9. The first kappa shape index (κ1) is 31.1. The number of rotatable bonds is 5. The Morgan fingerprint density at radius 1 is 0.382 bits per heavy atom. The van der Waals surface area contributed by atoms with Crippen molar-refractivity contribution < 1.29 is 0 Å². The zero-order valence-corrected chi connectivity index (χ0v) is 29.6. The molecule has 11 aromatic rings. The Morgan fingerprint density at radius 3 is 1.51 bits per heavy atom. The minimum absolute atomic E-state index is 0.884. The summed E-state index contributed by atoms with van der Waals surface area (Å²) < 4.78 is 2.24. The zero-order valence-electron chi connectivity index (χ0n) is 29.6. The van der Waals surface area contributed by atoms with Crippen LogP contribution in [0.1, 0.15) is 0 Å². The molecule has 0 radical (unpaired) electrons. The maximum absolute atomic E-state index is 5.23. The lowest BCUT2D eigenvalue weighted by Gasteiger charge is -2.19. The molecule has 0 N–H and O–H groups in total. The highest BCUT2D eigenvalue weighted by Gasteiger charge is 2.21. The molecule has 0 spiro atoms. The number of nitrogens with zero attached hydrogens (tertiary/aromatic N) is 5. The molecule has 0 unspecified atom stereocenters. The Balaban J connectivity index is 1.20. The summed E-state index contributed by atoms with van der Waals surface area (Å²) in [6.07, 6.45) is 9.76. The second-order valence-electron chi connectivity index (χ2n) is 13.9. The SMILES string of the molecule is c1ccc(-c2nc3ccccc3c3nc4ccc(-c5c6ccccc6c(-c6cc(-c7cccnc7)cc(-c7cccnc7)c6)c6ccccc56)cn4c23)cc1. The summed E-state index contributed by atoms with van der Waals surface area (Å²) in [6.45, 7) is 0. The van der Waals surface area contributed by atoms with E-state index in [1.807, 2.05) is 49.1 Å². The molecule has 0 aliphatic carbocycles. The van der Waals surface area contributed by atoms with Crippen molar-refractivity contribution >= 4 is 49.1 Å². The Morgan fingerprint density at radius 2 is 0.909 bits per heavy atom. The van der Waals surface area contributed by atoms with Crippen molar-refractivity contribution in [3.63, 3.8) is 0 Å². The quantitative estimate of drug-likeness (QED) is 0.168. The predicted molar refractivity (Wildman–Crippen MR) is 226 cm³/mol. The fourth-order valence-corrected chi connectivity index (χ4v) is 8.27. The molecule has 0 saturated carbocycles. The molecule has 0 atom stereocenters. The van der Waals surface area contributed by atoms with Crippen LogP contribution < -0.4 is 0 Å². The van der Waals surface area contributed by atoms with E-state index in [1.54, 1.807) is 0 Å². The maximum atomic E-state index is 5.23. The minimum Gasteiger partial charge on any atom is -0.297 e. The van der Waals surface area contributed by atoms with Crippen LogP contribution in [-0.2, 0) is 0 Å². The molecule has 5 heterocycles. The van der Waals surface area contributed by atoms with Crippen LogP contribution in [0.15, 0.2) is 189 Å². The number of para-hydroxylation sites is 1. The number of pyridine rings is 4. The molecule has 0 bridgehead atoms. The fourth-order valence-electron chi connectivity index (χ4n) is 8.27. The summed E-state index contributed by atoms with van der Waals surface area (Å²) in [5.74, 6) is 0. The third kappa shape index (κ3) is 5.09. The molecule has 0 fully saturated rings. The lowest BCUT2D eigenvalue weighted by molar-refractivity contribution is 1.22. The zero-order chi connectivity index (χ0) is 36.3. The third-order valence-corrected chi connectivity index (χ3v) is 10.7. The van der Waals surface area contributed by atoms with E-state index in [-0.39, 0.29) is 0 Å². The van der Waals surface area contributed by atoms with Crippen molar-refractivity contribution in [1.29, 1.82) is 0 Å². The molecular weight excluding hydrogens is 671 g/mol. The van der Waals surface area contributed by atoms with E-state index in [4.69, 9.17) is 9.97 Å². The molecule has 5 aromatic heterocycles. The summed E-state index contributed by atoms with van der Waals surface area (Å²) in [6, 6.07) is 55.8. The summed E-state index contributed by atoms with van der Waals surface area (Å²) in [4.78, 5) is 19.4. The Bertz CT molecular complexity index is 3130. The summed E-state index contributed by atoms with van der Waals surface area (Å²) >= 11 is 0. The van der Waals surface area contributed by atoms with Gasteiger partial charge in [0, 0.05) is 53.1 Å². The van der Waals surface area contributed by atoms with Gasteiger partial charge in [0.1, 0.15) is 11.2 Å². The highest BCUT2D eigenvalue weighted by molar-refractivity contribution is 6.22. The standard InChI is InChI=1S/C50H31N5/c1-2-12-32(13-3-1)48-50-49(43-20-8-9-21-44(43)53-48)54-45-23-22-35(31-55(45)50)46-39-16-4-6-18-41(39)47(42-19-7-5-17-40(42)46)38-27-36(33-14-10-24-51-29-33)26-37(28-38)34-15-11-25-52-30-34/h1-31H. The molecule has 0 aliphatic heterocycles. The summed E-state index contributed by atoms with van der Waals surface area (Å²) in [5, 5.41) is 5.78. The smallest absolute Gasteiger partial charge is 0.138 e. The van der Waals surface area contributed by atoms with Crippen LogP contribution in [0, 0.1) is 0 Å². The molecule has 0 aliphatic rings. The molecule has 256 valence electrons. The first-order chi connectivity index (χ1) is 27.3. The maximum Gasteiger partial charge on any atom is 0.138 e. The number of aromatic nitrogens is 5. The van der Waals surface area contributed by atoms with Gasteiger partial charge in [-0.3, -0.25) is 14.4 Å². The van der Waals surface area contributed by atoms with Gasteiger partial charge in [0.05, 0.1) is 16.7 Å². The Kier molecular flexibility index (Phi) is 7.10. The summed E-state index contributed by atoms with van der Waals surface area (Å²) in [7, 11) is 0. The molecule has 5 nitrogen and oxygen atoms in total. The van der Waals surface area contributed by atoms with Gasteiger partial charge in [-0.2, -0.15) is 0 Å². The molecular formula is C50H31N5. The molecule has 0 saturated heterocycles. The van der Waals surface area contributed by atoms with E-state index in [0.717, 1.165) is 72.2 Å². The number of hydrogen-bond donors (Lipinski definition) is 0. The van der Waals surface area contributed by atoms with Gasteiger partial charge in [0.2, 0.25) is 0 Å². The predicted octanol–water partition coefficient (Wildman–Crippen LogP) is 12.5. The van der Waals surface area contributed by atoms with Crippen LogP contribution in [0.5, 0.6) is 0 Å². The van der Waals surface area contributed by atoms with E-state index in [9.17, 15) is 0 Å². The summed E-state index contributed by atoms with van der Waals surface area (Å²) in [5.41, 5.74) is 14.7. The average Bonchev–Trinajstić information content (AvgIpc) is 3.65. The number of hydrogen-bond acceptors (Lipinski definition) is 4. The van der Waals surface area contributed by atoms with E-state index in [2.05, 4.69) is 154 Å². The second kappa shape index (κ2) is 12.6. The topological polar surface area (TPSA) is 56.0 Å². The van der Waals surface area contributed by atoms with Crippen LogP contribution in [-0.4, -0.2) is 24.3 Å². The van der Waals surface area contributed by atoms with Crippen molar-refractivity contribution in [3.8, 4) is 55.8 Å². The molecule has 6 aromatic carbocycles. The molecule has 5 heteroatoms. The van der Waals surface area contributed by atoms with Gasteiger partial charge in [-0.25, -0.2) is 9.97 Å². The average molecular weight is 702 g/mol. The fraction of sp³-hybridized carbons (Fsp3) is 0. The van der Waals surface area contributed by atoms with E-state index < -0.39 is 0 Å². The Hall–Kier alpha value is -7.50. The van der Waals surface area contributed by atoms with Gasteiger partial charge in [-0.05, 0) is 103 Å². The van der Waals surface area contributed by atoms with Crippen molar-refractivity contribution in [2.75, 3.05) is 0 Å². The minimum atomic E-state index is 0.884. The van der Waals surface area contributed by atoms with Crippen LogP contribution >= 0.6 is 0 Å². The first-order valence-corrected chi connectivity index (χ1v) is 18.4. The van der Waals surface area contributed by atoms with Crippen molar-refractivity contribution in [3.05, 3.63) is 189 Å². The van der Waals surface area contributed by atoms with Gasteiger partial charge in [-0.1, -0.05) is 109 Å². The highest BCUT2D eigenvalue weighted by Crippen LogP contribution is 2.45. The van der Waals surface area contributed by atoms with Gasteiger partial charge in [0.25, 0.3) is 0 Å². The number of fused-ring (bicyclic) bond motifs is 7. The molecule has 11 rings (SSSR count). The number of benzene rings is 6.